The van der Waals surface area contributed by atoms with Crippen LogP contribution < -0.4 is 0 Å². The van der Waals surface area contributed by atoms with Crippen molar-refractivity contribution in [2.75, 3.05) is 39.6 Å². The first-order valence-corrected chi connectivity index (χ1v) is 42.1. The molecule has 0 radical (unpaired) electrons. The third-order valence-electron chi connectivity index (χ3n) is 16.2. The molecule has 5 unspecified atom stereocenters. The lowest BCUT2D eigenvalue weighted by molar-refractivity contribution is -0.161. The zero-order chi connectivity index (χ0) is 73.2. The molecule has 0 aliphatic carbocycles. The molecular weight excluding hydrogens is 1310 g/mol. The highest BCUT2D eigenvalue weighted by Crippen LogP contribution is 2.45. The number of aliphatic hydroxyl groups is 1. The first-order valence-electron chi connectivity index (χ1n) is 39.1. The van der Waals surface area contributed by atoms with E-state index < -0.39 is 97.5 Å². The van der Waals surface area contributed by atoms with E-state index in [9.17, 15) is 43.2 Å². The van der Waals surface area contributed by atoms with E-state index in [-0.39, 0.29) is 25.7 Å². The molecular formula is C81H140O17P2. The van der Waals surface area contributed by atoms with Crippen molar-refractivity contribution >= 4 is 39.5 Å². The average molecular weight is 1450 g/mol. The number of aliphatic hydroxyl groups excluding tert-OH is 1. The predicted octanol–water partition coefficient (Wildman–Crippen LogP) is 22.6. The molecule has 0 aromatic heterocycles. The van der Waals surface area contributed by atoms with E-state index in [1.165, 1.54) is 51.4 Å². The molecule has 19 heteroatoms. The molecule has 0 bridgehead atoms. The van der Waals surface area contributed by atoms with Gasteiger partial charge < -0.3 is 33.8 Å². The number of rotatable bonds is 73. The summed E-state index contributed by atoms with van der Waals surface area (Å²) in [4.78, 5) is 72.9. The second-order valence-electron chi connectivity index (χ2n) is 25.9. The molecule has 5 atom stereocenters. The Balaban J connectivity index is 5.36. The molecule has 0 heterocycles. The van der Waals surface area contributed by atoms with Crippen molar-refractivity contribution in [2.24, 2.45) is 0 Å². The van der Waals surface area contributed by atoms with Crippen LogP contribution in [-0.4, -0.2) is 96.7 Å². The maximum atomic E-state index is 13.1. The van der Waals surface area contributed by atoms with Crippen LogP contribution in [0.15, 0.2) is 109 Å². The zero-order valence-corrected chi connectivity index (χ0v) is 64.6. The van der Waals surface area contributed by atoms with E-state index in [1.807, 2.05) is 0 Å². The Morgan fingerprint density at radius 2 is 0.520 bits per heavy atom. The summed E-state index contributed by atoms with van der Waals surface area (Å²) in [5.41, 5.74) is 0. The van der Waals surface area contributed by atoms with Gasteiger partial charge in [-0.1, -0.05) is 285 Å². The number of hydrogen-bond acceptors (Lipinski definition) is 15. The van der Waals surface area contributed by atoms with Gasteiger partial charge >= 0.3 is 39.5 Å². The minimum absolute atomic E-state index is 0.0708. The van der Waals surface area contributed by atoms with Gasteiger partial charge in [0, 0.05) is 25.7 Å². The van der Waals surface area contributed by atoms with Gasteiger partial charge in [-0.15, -0.1) is 0 Å². The maximum Gasteiger partial charge on any atom is 0.472 e. The van der Waals surface area contributed by atoms with Gasteiger partial charge in [0.2, 0.25) is 0 Å². The summed E-state index contributed by atoms with van der Waals surface area (Å²) < 4.78 is 68.5. The lowest BCUT2D eigenvalue weighted by Crippen LogP contribution is -2.30. The Morgan fingerprint density at radius 3 is 0.800 bits per heavy atom. The number of carbonyl (C=O) groups is 4. The summed E-state index contributed by atoms with van der Waals surface area (Å²) >= 11 is 0. The van der Waals surface area contributed by atoms with Gasteiger partial charge in [0.1, 0.15) is 19.3 Å². The van der Waals surface area contributed by atoms with Gasteiger partial charge in [0.25, 0.3) is 0 Å². The standard InChI is InChI=1S/C81H140O17P2/c1-5-9-13-17-21-25-29-33-36-37-40-43-46-50-54-58-62-66-79(84)92-71-76(97-80(85)67-63-59-55-51-47-41-32-28-24-20-16-12-8-4)73-95-99(87,88)93-69-75(82)70-94-100(89,90)96-74-77(98-81(86)68-64-60-56-52-48-44-39-35-31-27-23-19-15-11-7-3)72-91-78(83)65-61-57-53-49-45-42-38-34-30-26-22-18-14-10-6-2/h9-11,13-15,21-23,25-27,33-36,38-39,75-77,82H,5-8,12,16-20,24,28-32,37,40-74H2,1-4H3,(H,87,88)(H,89,90)/b13-9-,14-10-,15-11-,25-21-,26-22-,27-23-,36-33-,38-34-,39-35-. The summed E-state index contributed by atoms with van der Waals surface area (Å²) in [6.45, 7) is 4.52. The van der Waals surface area contributed by atoms with Crippen LogP contribution in [0.1, 0.15) is 323 Å². The summed E-state index contributed by atoms with van der Waals surface area (Å²) in [6, 6.07) is 0. The molecule has 0 spiro atoms. The molecule has 0 rings (SSSR count). The van der Waals surface area contributed by atoms with Gasteiger partial charge in [-0.05, 0) is 122 Å². The quantitative estimate of drug-likeness (QED) is 0.0169. The van der Waals surface area contributed by atoms with Crippen LogP contribution >= 0.6 is 15.6 Å². The fourth-order valence-corrected chi connectivity index (χ4v) is 12.0. The van der Waals surface area contributed by atoms with Crippen molar-refractivity contribution in [2.45, 2.75) is 341 Å². The second-order valence-corrected chi connectivity index (χ2v) is 28.8. The van der Waals surface area contributed by atoms with E-state index in [0.717, 1.165) is 193 Å². The second kappa shape index (κ2) is 73.0. The van der Waals surface area contributed by atoms with Crippen molar-refractivity contribution in [3.63, 3.8) is 0 Å². The van der Waals surface area contributed by atoms with E-state index in [1.54, 1.807) is 0 Å². The molecule has 576 valence electrons. The number of ether oxygens (including phenoxy) is 4. The van der Waals surface area contributed by atoms with Gasteiger partial charge in [0.05, 0.1) is 26.4 Å². The van der Waals surface area contributed by atoms with Gasteiger partial charge in [-0.2, -0.15) is 0 Å². The summed E-state index contributed by atoms with van der Waals surface area (Å²) in [5, 5.41) is 10.6. The van der Waals surface area contributed by atoms with E-state index in [0.29, 0.717) is 25.7 Å². The molecule has 17 nitrogen and oxygen atoms in total. The van der Waals surface area contributed by atoms with Crippen LogP contribution in [0.3, 0.4) is 0 Å². The van der Waals surface area contributed by atoms with Crippen LogP contribution in [0.4, 0.5) is 0 Å². The number of carbonyl (C=O) groups excluding carboxylic acids is 4. The third-order valence-corrected chi connectivity index (χ3v) is 18.1. The molecule has 3 N–H and O–H groups in total. The zero-order valence-electron chi connectivity index (χ0n) is 62.8. The van der Waals surface area contributed by atoms with Crippen molar-refractivity contribution in [3.05, 3.63) is 109 Å². The van der Waals surface area contributed by atoms with Crippen molar-refractivity contribution < 1.29 is 80.2 Å². The third kappa shape index (κ3) is 72.1. The minimum Gasteiger partial charge on any atom is -0.462 e. The molecule has 0 aromatic rings. The monoisotopic (exact) mass is 1450 g/mol. The lowest BCUT2D eigenvalue weighted by atomic mass is 10.0. The largest absolute Gasteiger partial charge is 0.472 e. The Hall–Kier alpha value is -4.28. The molecule has 0 amide bonds. The minimum atomic E-state index is -4.98. The normalized spacial score (nSPS) is 14.5. The van der Waals surface area contributed by atoms with Gasteiger partial charge in [0.15, 0.2) is 12.2 Å². The van der Waals surface area contributed by atoms with E-state index in [2.05, 4.69) is 137 Å². The van der Waals surface area contributed by atoms with Crippen molar-refractivity contribution in [1.29, 1.82) is 0 Å². The van der Waals surface area contributed by atoms with E-state index >= 15 is 0 Å². The van der Waals surface area contributed by atoms with Crippen LogP contribution in [0.2, 0.25) is 0 Å². The van der Waals surface area contributed by atoms with Crippen molar-refractivity contribution in [1.82, 2.24) is 0 Å². The van der Waals surface area contributed by atoms with Crippen LogP contribution in [0.25, 0.3) is 0 Å². The molecule has 0 aliphatic rings. The average Bonchev–Trinajstić information content (AvgIpc) is 0.965. The Morgan fingerprint density at radius 1 is 0.290 bits per heavy atom. The smallest absolute Gasteiger partial charge is 0.462 e. The SMILES string of the molecule is CC/C=C\C/C=C\C/C=C\CCCCCCCCCC(=O)OCC(COP(=O)(O)OCC(O)COP(=O)(O)OCC(COC(=O)CCCCCCC/C=C\C/C=C\C/C=C\CC)OC(=O)CCCCCCC/C=C\C/C=C\C/C=C\CC)OC(=O)CCCCCCCCCCCCCCC. The molecule has 0 aliphatic heterocycles. The number of esters is 4. The molecule has 0 saturated heterocycles. The molecule has 0 aromatic carbocycles. The summed E-state index contributed by atoms with van der Waals surface area (Å²) in [7, 11) is -9.96. The Labute approximate surface area is 607 Å². The predicted molar refractivity (Wildman–Crippen MR) is 408 cm³/mol. The number of unbranched alkanes of at least 4 members (excludes halogenated alkanes) is 29. The van der Waals surface area contributed by atoms with Crippen LogP contribution in [0, 0.1) is 0 Å². The fourth-order valence-electron chi connectivity index (χ4n) is 10.4. The van der Waals surface area contributed by atoms with Crippen molar-refractivity contribution in [3.8, 4) is 0 Å². The highest BCUT2D eigenvalue weighted by molar-refractivity contribution is 7.47. The highest BCUT2D eigenvalue weighted by Gasteiger charge is 2.30. The number of phosphoric acid groups is 2. The summed E-state index contributed by atoms with van der Waals surface area (Å²) in [6.07, 6.45) is 77.8. The highest BCUT2D eigenvalue weighted by atomic mass is 31.2. The van der Waals surface area contributed by atoms with E-state index in [4.69, 9.17) is 37.0 Å². The maximum absolute atomic E-state index is 13.1. The first-order chi connectivity index (χ1) is 48.7. The summed E-state index contributed by atoms with van der Waals surface area (Å²) in [5.74, 6) is -2.21. The van der Waals surface area contributed by atoms with Crippen LogP contribution in [-0.2, 0) is 65.4 Å². The molecule has 0 saturated carbocycles. The van der Waals surface area contributed by atoms with Crippen LogP contribution in [0.5, 0.6) is 0 Å². The first kappa shape index (κ1) is 95.7. The number of phosphoric ester groups is 2. The topological polar surface area (TPSA) is 237 Å². The fraction of sp³-hybridized carbons (Fsp3) is 0.728. The number of hydrogen-bond donors (Lipinski definition) is 3. The lowest BCUT2D eigenvalue weighted by Gasteiger charge is -2.21. The molecule has 100 heavy (non-hydrogen) atoms. The number of allylic oxidation sites excluding steroid dienone is 18. The van der Waals surface area contributed by atoms with Gasteiger partial charge in [-0.3, -0.25) is 37.3 Å². The Bertz CT molecular complexity index is 2320. The molecule has 0 fully saturated rings. The Kier molecular flexibility index (Phi) is 69.9. The van der Waals surface area contributed by atoms with Gasteiger partial charge in [-0.25, -0.2) is 9.13 Å².